The summed E-state index contributed by atoms with van der Waals surface area (Å²) in [5.74, 6) is 1.75. The molecule has 124 valence electrons. The lowest BCUT2D eigenvalue weighted by atomic mass is 10.3. The fourth-order valence-electron chi connectivity index (χ4n) is 2.24. The number of nitrogens with one attached hydrogen (secondary N) is 2. The molecule has 0 heterocycles. The zero-order valence-electron chi connectivity index (χ0n) is 15.0. The molecule has 0 bridgehead atoms. The van der Waals surface area contributed by atoms with E-state index in [0.29, 0.717) is 0 Å². The number of rotatable bonds is 6. The Labute approximate surface area is 142 Å². The zero-order chi connectivity index (χ0) is 17.1. The largest absolute Gasteiger partial charge is 0.453 e. The average Bonchev–Trinajstić information content (AvgIpc) is 2.40. The van der Waals surface area contributed by atoms with Crippen molar-refractivity contribution in [3.63, 3.8) is 0 Å². The minimum absolute atomic E-state index is 0.875. The molecule has 2 rings (SSSR count). The third kappa shape index (κ3) is 5.76. The molecule has 0 amide bonds. The number of para-hydroxylation sites is 4. The predicted octanol–water partition coefficient (Wildman–Crippen LogP) is 5.97. The molecule has 0 aliphatic heterocycles. The molecule has 2 aromatic rings. The highest BCUT2D eigenvalue weighted by Gasteiger charge is 2.18. The standard InChI is InChI=1S/C18H28N2OSi2/c1-22(2,3)19-15-11-7-9-13-17(15)21-18-14-10-8-12-16(18)20-23(4,5)6/h7-14,19-20H,1-6H3. The van der Waals surface area contributed by atoms with Gasteiger partial charge in [0.15, 0.2) is 0 Å². The SMILES string of the molecule is C[Si](C)(C)Nc1ccccc1Oc1ccccc1N[Si](C)(C)C. The van der Waals surface area contributed by atoms with E-state index in [2.05, 4.69) is 61.4 Å². The Kier molecular flexibility index (Phi) is 5.21. The Balaban J connectivity index is 2.30. The summed E-state index contributed by atoms with van der Waals surface area (Å²) in [7, 11) is -2.87. The van der Waals surface area contributed by atoms with E-state index < -0.39 is 16.5 Å². The Morgan fingerprint density at radius 3 is 1.30 bits per heavy atom. The van der Waals surface area contributed by atoms with Crippen LogP contribution in [-0.4, -0.2) is 16.5 Å². The lowest BCUT2D eigenvalue weighted by Crippen LogP contribution is -2.32. The molecule has 0 saturated heterocycles. The molecule has 3 nitrogen and oxygen atoms in total. The Morgan fingerprint density at radius 2 is 0.957 bits per heavy atom. The van der Waals surface area contributed by atoms with Gasteiger partial charge in [-0.05, 0) is 24.3 Å². The van der Waals surface area contributed by atoms with Crippen LogP contribution in [0.1, 0.15) is 0 Å². The van der Waals surface area contributed by atoms with E-state index in [-0.39, 0.29) is 0 Å². The quantitative estimate of drug-likeness (QED) is 0.633. The van der Waals surface area contributed by atoms with E-state index in [4.69, 9.17) is 4.74 Å². The maximum Gasteiger partial charge on any atom is 0.149 e. The monoisotopic (exact) mass is 344 g/mol. The van der Waals surface area contributed by atoms with E-state index in [1.807, 2.05) is 36.4 Å². The van der Waals surface area contributed by atoms with Crippen molar-refractivity contribution in [1.29, 1.82) is 0 Å². The molecule has 0 atom stereocenters. The fourth-order valence-corrected chi connectivity index (χ4v) is 4.27. The summed E-state index contributed by atoms with van der Waals surface area (Å²) in [6, 6.07) is 16.3. The van der Waals surface area contributed by atoms with E-state index in [1.165, 1.54) is 0 Å². The third-order valence-corrected chi connectivity index (χ3v) is 5.05. The molecule has 0 aromatic heterocycles. The van der Waals surface area contributed by atoms with Gasteiger partial charge < -0.3 is 14.7 Å². The summed E-state index contributed by atoms with van der Waals surface area (Å²) in [6.07, 6.45) is 0. The van der Waals surface area contributed by atoms with Gasteiger partial charge >= 0.3 is 0 Å². The summed E-state index contributed by atoms with van der Waals surface area (Å²) >= 11 is 0. The van der Waals surface area contributed by atoms with Gasteiger partial charge in [-0.25, -0.2) is 0 Å². The molecule has 5 heteroatoms. The molecule has 0 aliphatic carbocycles. The first-order valence-electron chi connectivity index (χ1n) is 8.06. The van der Waals surface area contributed by atoms with Gasteiger partial charge in [-0.15, -0.1) is 0 Å². The Morgan fingerprint density at radius 1 is 0.609 bits per heavy atom. The van der Waals surface area contributed by atoms with Crippen LogP contribution in [0.2, 0.25) is 39.3 Å². The van der Waals surface area contributed by atoms with E-state index in [1.54, 1.807) is 0 Å². The minimum Gasteiger partial charge on any atom is -0.453 e. The zero-order valence-corrected chi connectivity index (χ0v) is 17.0. The van der Waals surface area contributed by atoms with Crippen molar-refractivity contribution in [2.24, 2.45) is 0 Å². The number of hydrogen-bond acceptors (Lipinski definition) is 3. The summed E-state index contributed by atoms with van der Waals surface area (Å²) in [5, 5.41) is 0. The smallest absolute Gasteiger partial charge is 0.149 e. The maximum absolute atomic E-state index is 6.25. The highest BCUT2D eigenvalue weighted by Crippen LogP contribution is 2.35. The summed E-state index contributed by atoms with van der Waals surface area (Å²) in [4.78, 5) is 7.28. The average molecular weight is 345 g/mol. The van der Waals surface area contributed by atoms with Crippen LogP contribution in [0, 0.1) is 0 Å². The predicted molar refractivity (Wildman–Crippen MR) is 107 cm³/mol. The first-order valence-corrected chi connectivity index (χ1v) is 15.1. The van der Waals surface area contributed by atoms with Gasteiger partial charge in [-0.3, -0.25) is 0 Å². The molecule has 0 unspecified atom stereocenters. The summed E-state index contributed by atoms with van der Waals surface area (Å²) in [5.41, 5.74) is 2.13. The van der Waals surface area contributed by atoms with Gasteiger partial charge in [0.2, 0.25) is 0 Å². The van der Waals surface area contributed by atoms with Crippen LogP contribution in [0.25, 0.3) is 0 Å². The second kappa shape index (κ2) is 6.80. The maximum atomic E-state index is 6.25. The van der Waals surface area contributed by atoms with Crippen LogP contribution in [0.4, 0.5) is 11.4 Å². The molecule has 0 saturated carbocycles. The molecule has 0 spiro atoms. The number of anilines is 2. The van der Waals surface area contributed by atoms with Gasteiger partial charge in [0.1, 0.15) is 28.0 Å². The summed E-state index contributed by atoms with van der Waals surface area (Å²) < 4.78 is 6.25. The van der Waals surface area contributed by atoms with E-state index in [0.717, 1.165) is 22.9 Å². The highest BCUT2D eigenvalue weighted by molar-refractivity contribution is 6.79. The van der Waals surface area contributed by atoms with Crippen molar-refractivity contribution in [2.45, 2.75) is 39.3 Å². The van der Waals surface area contributed by atoms with Crippen LogP contribution in [0.15, 0.2) is 48.5 Å². The minimum atomic E-state index is -1.44. The number of ether oxygens (including phenoxy) is 1. The van der Waals surface area contributed by atoms with Crippen LogP contribution in [0.5, 0.6) is 11.5 Å². The fraction of sp³-hybridized carbons (Fsp3) is 0.333. The number of benzene rings is 2. The normalized spacial score (nSPS) is 11.9. The molecular weight excluding hydrogens is 316 g/mol. The first-order chi connectivity index (χ1) is 10.6. The third-order valence-electron chi connectivity index (χ3n) is 3.01. The molecule has 2 N–H and O–H groups in total. The van der Waals surface area contributed by atoms with Gasteiger partial charge in [-0.2, -0.15) is 0 Å². The molecule has 0 aliphatic rings. The Bertz CT molecular complexity index is 603. The molecule has 23 heavy (non-hydrogen) atoms. The second-order valence-corrected chi connectivity index (χ2v) is 17.3. The molecular formula is C18H28N2OSi2. The van der Waals surface area contributed by atoms with Gasteiger partial charge in [-0.1, -0.05) is 63.5 Å². The summed E-state index contributed by atoms with van der Waals surface area (Å²) in [6.45, 7) is 13.7. The van der Waals surface area contributed by atoms with Crippen LogP contribution in [0.3, 0.4) is 0 Å². The number of hydrogen-bond donors (Lipinski definition) is 2. The van der Waals surface area contributed by atoms with Gasteiger partial charge in [0, 0.05) is 0 Å². The highest BCUT2D eigenvalue weighted by atomic mass is 28.3. The van der Waals surface area contributed by atoms with Gasteiger partial charge in [0.05, 0.1) is 11.4 Å². The van der Waals surface area contributed by atoms with Crippen molar-refractivity contribution in [3.05, 3.63) is 48.5 Å². The lowest BCUT2D eigenvalue weighted by Gasteiger charge is -2.24. The Hall–Kier alpha value is -1.73. The second-order valence-electron chi connectivity index (χ2n) is 7.84. The topological polar surface area (TPSA) is 33.3 Å². The van der Waals surface area contributed by atoms with Crippen LogP contribution >= 0.6 is 0 Å². The van der Waals surface area contributed by atoms with Crippen LogP contribution in [-0.2, 0) is 0 Å². The van der Waals surface area contributed by atoms with Crippen molar-refractivity contribution in [2.75, 3.05) is 9.96 Å². The van der Waals surface area contributed by atoms with Crippen molar-refractivity contribution in [3.8, 4) is 11.5 Å². The van der Waals surface area contributed by atoms with E-state index in [9.17, 15) is 0 Å². The van der Waals surface area contributed by atoms with E-state index >= 15 is 0 Å². The molecule has 0 radical (unpaired) electrons. The molecule has 0 fully saturated rings. The van der Waals surface area contributed by atoms with Crippen molar-refractivity contribution >= 4 is 27.8 Å². The van der Waals surface area contributed by atoms with Crippen LogP contribution < -0.4 is 14.7 Å². The molecule has 2 aromatic carbocycles. The lowest BCUT2D eigenvalue weighted by molar-refractivity contribution is 0.487. The van der Waals surface area contributed by atoms with Gasteiger partial charge in [0.25, 0.3) is 0 Å². The van der Waals surface area contributed by atoms with Crippen molar-refractivity contribution in [1.82, 2.24) is 0 Å². The first kappa shape index (κ1) is 17.6. The van der Waals surface area contributed by atoms with Crippen molar-refractivity contribution < 1.29 is 4.74 Å².